The number of carbonyl (C=O) groups is 1. The van der Waals surface area contributed by atoms with Gasteiger partial charge in [0.15, 0.2) is 11.9 Å². The van der Waals surface area contributed by atoms with E-state index in [1.165, 1.54) is 6.33 Å². The molecule has 0 radical (unpaired) electrons. The van der Waals surface area contributed by atoms with Gasteiger partial charge >= 0.3 is 32.1 Å². The number of nitrogens with one attached hydrogen (secondary N) is 2. The zero-order valence-electron chi connectivity index (χ0n) is 38.4. The second-order valence-corrected chi connectivity index (χ2v) is 30.6. The van der Waals surface area contributed by atoms with E-state index in [9.17, 15) is 24.3 Å². The van der Waals surface area contributed by atoms with Crippen molar-refractivity contribution in [1.29, 1.82) is 5.26 Å². The molecule has 65 heavy (non-hydrogen) atoms. The molecule has 0 bridgehead atoms. The van der Waals surface area contributed by atoms with Crippen molar-refractivity contribution in [2.45, 2.75) is 147 Å². The highest BCUT2D eigenvalue weighted by Crippen LogP contribution is 2.57. The van der Waals surface area contributed by atoms with Crippen LogP contribution in [-0.2, 0) is 57.0 Å². The van der Waals surface area contributed by atoms with E-state index in [0.717, 1.165) is 0 Å². The van der Waals surface area contributed by atoms with E-state index in [0.29, 0.717) is 12.3 Å². The Hall–Kier alpha value is -2.92. The fourth-order valence-electron chi connectivity index (χ4n) is 8.74. The van der Waals surface area contributed by atoms with E-state index in [4.69, 9.17) is 52.3 Å². The van der Waals surface area contributed by atoms with Crippen molar-refractivity contribution in [3.8, 4) is 11.9 Å². The molecule has 2 unspecified atom stereocenters. The summed E-state index contributed by atoms with van der Waals surface area (Å²) in [6.45, 7) is 16.2. The van der Waals surface area contributed by atoms with Gasteiger partial charge in [-0.2, -0.15) is 10.2 Å². The van der Waals surface area contributed by atoms with Crippen LogP contribution in [0, 0.1) is 23.2 Å². The number of carbonyl (C=O) groups excluding carboxylic acids is 1. The van der Waals surface area contributed by atoms with Crippen LogP contribution < -0.4 is 15.6 Å². The predicted molar refractivity (Wildman–Crippen MR) is 247 cm³/mol. The lowest BCUT2D eigenvalue weighted by molar-refractivity contribution is -0.118. The Labute approximate surface area is 387 Å². The van der Waals surface area contributed by atoms with E-state index in [2.05, 4.69) is 86.7 Å². The highest BCUT2D eigenvalue weighted by Gasteiger charge is 2.63. The zero-order chi connectivity index (χ0) is 47.4. The van der Waals surface area contributed by atoms with E-state index >= 15 is 0 Å². The quantitative estimate of drug-likeness (QED) is 0.0600. The van der Waals surface area contributed by atoms with E-state index in [-0.39, 0.29) is 77.7 Å². The SMILES string of the molecule is CC(C)C(=O)Nc1nc2c(ccn2[C@@H]2O[C@@H]3CO[Si](C(C)C)(C(C)C)O[Si](C(C)C)(C(C)C)O[C@H]3[C@@H]2OP(=S)(OCCC#N)OC[C@H]2C[C@@H](Oc3ccncn3)C[C@@H]2O[P+](=O)O)c(=O)[nH]1. The lowest BCUT2D eigenvalue weighted by atomic mass is 10.1. The van der Waals surface area contributed by atoms with Crippen molar-refractivity contribution < 1.29 is 54.8 Å². The molecule has 3 aliphatic rings. The van der Waals surface area contributed by atoms with Crippen LogP contribution in [0.4, 0.5) is 5.95 Å². The maximum atomic E-state index is 13.5. The Balaban J connectivity index is 1.44. The molecule has 6 rings (SSSR count). The number of hydrogen-bond donors (Lipinski definition) is 3. The summed E-state index contributed by atoms with van der Waals surface area (Å²) < 4.78 is 74.0. The first-order valence-electron chi connectivity index (χ1n) is 22.0. The molecule has 358 valence electrons. The molecule has 25 heteroatoms. The van der Waals surface area contributed by atoms with Gasteiger partial charge in [-0.25, -0.2) is 9.97 Å². The Morgan fingerprint density at radius 2 is 1.80 bits per heavy atom. The van der Waals surface area contributed by atoms with Gasteiger partial charge in [0.2, 0.25) is 17.7 Å². The van der Waals surface area contributed by atoms with E-state index < -0.39 is 86.2 Å². The molecule has 3 N–H and O–H groups in total. The number of ether oxygens (including phenoxy) is 2. The van der Waals surface area contributed by atoms with Gasteiger partial charge in [-0.15, -0.1) is 9.42 Å². The second kappa shape index (κ2) is 21.6. The summed E-state index contributed by atoms with van der Waals surface area (Å²) in [5, 5.41) is 12.5. The Morgan fingerprint density at radius 3 is 2.42 bits per heavy atom. The molecular formula is C40H62N7O13P2SSi2+. The minimum absolute atomic E-state index is 0.0391. The molecule has 0 aromatic carbocycles. The fraction of sp³-hybridized carbons (Fsp3) is 0.700. The molecule has 9 atom stereocenters. The van der Waals surface area contributed by atoms with Gasteiger partial charge in [-0.1, -0.05) is 69.2 Å². The van der Waals surface area contributed by atoms with Crippen molar-refractivity contribution in [2.24, 2.45) is 11.8 Å². The number of amides is 1. The lowest BCUT2D eigenvalue weighted by Gasteiger charge is -2.51. The number of rotatable bonds is 19. The average Bonchev–Trinajstić information content (AvgIpc) is 3.91. The minimum Gasteiger partial charge on any atom is -0.474 e. The molecule has 20 nitrogen and oxygen atoms in total. The summed E-state index contributed by atoms with van der Waals surface area (Å²) in [4.78, 5) is 51.5. The number of fused-ring (bicyclic) bond motifs is 2. The predicted octanol–water partition coefficient (Wildman–Crippen LogP) is 7.41. The Kier molecular flexibility index (Phi) is 17.1. The van der Waals surface area contributed by atoms with Crippen molar-refractivity contribution in [2.75, 3.05) is 25.1 Å². The van der Waals surface area contributed by atoms with Crippen LogP contribution in [0.1, 0.15) is 94.7 Å². The molecule has 0 spiro atoms. The van der Waals surface area contributed by atoms with Gasteiger partial charge in [0.05, 0.1) is 37.7 Å². The number of H-pyrrole nitrogens is 1. The largest absolute Gasteiger partial charge is 0.695 e. The normalized spacial score (nSPS) is 26.6. The number of nitriles is 1. The summed E-state index contributed by atoms with van der Waals surface area (Å²) in [6.07, 6.45) is -0.0380. The first-order valence-corrected chi connectivity index (χ1v) is 29.6. The monoisotopic (exact) mass is 998 g/mol. The molecular weight excluding hydrogens is 937 g/mol. The minimum atomic E-state index is -3.93. The molecule has 1 amide bonds. The third kappa shape index (κ3) is 11.5. The molecule has 2 saturated heterocycles. The molecule has 3 aromatic rings. The molecule has 3 aromatic heterocycles. The lowest BCUT2D eigenvalue weighted by Crippen LogP contribution is -2.65. The number of nitrogens with zero attached hydrogens (tertiary/aromatic N) is 5. The van der Waals surface area contributed by atoms with E-state index in [1.54, 1.807) is 42.9 Å². The molecule has 3 fully saturated rings. The van der Waals surface area contributed by atoms with Crippen LogP contribution in [0.2, 0.25) is 22.2 Å². The summed E-state index contributed by atoms with van der Waals surface area (Å²) >= 11 is 6.21. The summed E-state index contributed by atoms with van der Waals surface area (Å²) in [6, 6.07) is 5.27. The van der Waals surface area contributed by atoms with Crippen molar-refractivity contribution >= 4 is 66.8 Å². The highest BCUT2D eigenvalue weighted by molar-refractivity contribution is 8.07. The Morgan fingerprint density at radius 1 is 1.09 bits per heavy atom. The first kappa shape index (κ1) is 51.5. The summed E-state index contributed by atoms with van der Waals surface area (Å²) in [5.41, 5.74) is -0.366. The molecule has 2 aliphatic heterocycles. The maximum Gasteiger partial charge on any atom is 0.695 e. The van der Waals surface area contributed by atoms with Gasteiger partial charge in [-0.3, -0.25) is 24.4 Å². The van der Waals surface area contributed by atoms with Crippen LogP contribution >= 0.6 is 15.0 Å². The average molecular weight is 999 g/mol. The second-order valence-electron chi connectivity index (χ2n) is 18.1. The van der Waals surface area contributed by atoms with Crippen LogP contribution in [0.25, 0.3) is 11.0 Å². The molecule has 1 aliphatic carbocycles. The van der Waals surface area contributed by atoms with Gasteiger partial charge < -0.3 is 36.1 Å². The van der Waals surface area contributed by atoms with Crippen molar-refractivity contribution in [3.05, 3.63) is 41.2 Å². The van der Waals surface area contributed by atoms with Crippen LogP contribution in [-0.4, -0.2) is 103 Å². The smallest absolute Gasteiger partial charge is 0.474 e. The Bertz CT molecular complexity index is 2270. The van der Waals surface area contributed by atoms with Crippen LogP contribution in [0.15, 0.2) is 35.6 Å². The van der Waals surface area contributed by atoms with Gasteiger partial charge in [-0.05, 0) is 46.5 Å². The van der Waals surface area contributed by atoms with Crippen molar-refractivity contribution in [3.63, 3.8) is 0 Å². The topological polar surface area (TPSA) is 250 Å². The molecule has 1 saturated carbocycles. The molecule has 5 heterocycles. The number of aromatic amines is 1. The van der Waals surface area contributed by atoms with Crippen LogP contribution in [0.3, 0.4) is 0 Å². The number of aromatic nitrogens is 5. The third-order valence-corrected chi connectivity index (χ3v) is 25.1. The number of anilines is 1. The fourth-order valence-corrected chi connectivity index (χ4v) is 22.5. The first-order chi connectivity index (χ1) is 30.7. The summed E-state index contributed by atoms with van der Waals surface area (Å²) in [5.74, 6) is -0.989. The standard InChI is InChI=1S/C40H61N7O13P2SSi2/c1-23(2)37(48)45-40-44-36-30(38(49)46-40)13-16-47(36)39-35(34-32(56-39)21-54-64(24(3)4,25(5)6)60-65(59-34,26(7)8)27(9)10)58-62(63,52-17-11-14-41)53-20-28-18-29(19-31(28)57-61(50)51)55-33-12-15-42-22-43-33/h12-13,15-16,22-29,31-32,34-35,39H,11,17-21H2,1-10H3,(H2-,44,45,46,48,49,50,51)/p+1/t28-,29-,31+,32-,34-,35+,39-,62?/m1/s1. The summed E-state index contributed by atoms with van der Waals surface area (Å²) in [7, 11) is -9.34. The highest BCUT2D eigenvalue weighted by atomic mass is 32.5. The zero-order valence-corrected chi connectivity index (χ0v) is 43.0. The van der Waals surface area contributed by atoms with Gasteiger partial charge in [0.1, 0.15) is 36.8 Å². The van der Waals surface area contributed by atoms with Crippen molar-refractivity contribution in [1.82, 2.24) is 24.5 Å². The maximum absolute atomic E-state index is 13.5. The van der Waals surface area contributed by atoms with E-state index in [1.807, 2.05) is 0 Å². The van der Waals surface area contributed by atoms with Gasteiger partial charge in [0, 0.05) is 41.3 Å². The third-order valence-electron chi connectivity index (χ3n) is 12.1. The van der Waals surface area contributed by atoms with Crippen LogP contribution in [0.5, 0.6) is 5.88 Å². The van der Waals surface area contributed by atoms with Gasteiger partial charge in [0.25, 0.3) is 5.56 Å². The number of hydrogen-bond acceptors (Lipinski definition) is 17.